The van der Waals surface area contributed by atoms with Gasteiger partial charge in [-0.15, -0.1) is 0 Å². The van der Waals surface area contributed by atoms with Crippen LogP contribution < -0.4 is 4.74 Å². The quantitative estimate of drug-likeness (QED) is 0.385. The average Bonchev–Trinajstić information content (AvgIpc) is 3.27. The molecule has 0 bridgehead atoms. The third kappa shape index (κ3) is 4.84. The summed E-state index contributed by atoms with van der Waals surface area (Å²) < 4.78 is 11.2. The lowest BCUT2D eigenvalue weighted by molar-refractivity contribution is -0.145. The number of benzene rings is 2. The summed E-state index contributed by atoms with van der Waals surface area (Å²) in [6.45, 7) is 9.74. The molecule has 0 radical (unpaired) electrons. The van der Waals surface area contributed by atoms with Crippen LogP contribution in [0.15, 0.2) is 66.7 Å². The van der Waals surface area contributed by atoms with Gasteiger partial charge in [-0.1, -0.05) is 71.0 Å². The van der Waals surface area contributed by atoms with E-state index in [2.05, 4.69) is 6.07 Å². The molecule has 3 rings (SSSR count). The normalized spacial score (nSPS) is 21.9. The minimum absolute atomic E-state index is 0.175. The number of aliphatic carboxylic acids is 1. The Morgan fingerprint density at radius 1 is 1.12 bits per heavy atom. The van der Waals surface area contributed by atoms with E-state index in [1.807, 2.05) is 65.0 Å². The standard InChI is InChI=1S/C28H31NO5/c1-26(2,3)18-33-24(30)15-14-23-27(4,5)28(23,25(31)32)22(17-29)19-10-9-13-21(16-19)34-20-11-7-6-8-12-20/h6-16,22-23H,18H2,1-5H3,(H,31,32)/b15-14-/t22-,23-,28+/m0/s1. The summed E-state index contributed by atoms with van der Waals surface area (Å²) in [4.78, 5) is 24.8. The molecule has 1 aliphatic carbocycles. The fourth-order valence-corrected chi connectivity index (χ4v) is 4.65. The van der Waals surface area contributed by atoms with Crippen LogP contribution in [0.4, 0.5) is 0 Å². The molecule has 0 aliphatic heterocycles. The molecule has 3 atom stereocenters. The van der Waals surface area contributed by atoms with Crippen LogP contribution in [0.3, 0.4) is 0 Å². The minimum Gasteiger partial charge on any atom is -0.481 e. The van der Waals surface area contributed by atoms with Crippen LogP contribution in [0.1, 0.15) is 46.1 Å². The Kier molecular flexibility index (Phi) is 6.88. The SMILES string of the molecule is CC(C)(C)COC(=O)/C=C\[C@H]1C(C)(C)[C@]1(C(=O)O)[C@@H](C#N)c1cccc(Oc2ccccc2)c1. The van der Waals surface area contributed by atoms with Crippen LogP contribution in [0, 0.1) is 33.5 Å². The number of carboxylic acids is 1. The Hall–Kier alpha value is -3.59. The highest BCUT2D eigenvalue weighted by Gasteiger charge is 2.78. The van der Waals surface area contributed by atoms with Crippen molar-refractivity contribution in [3.8, 4) is 17.6 Å². The Bertz CT molecular complexity index is 1120. The van der Waals surface area contributed by atoms with E-state index in [9.17, 15) is 20.0 Å². The second-order valence-electron chi connectivity index (χ2n) is 10.5. The maximum absolute atomic E-state index is 12.6. The van der Waals surface area contributed by atoms with Crippen molar-refractivity contribution in [1.82, 2.24) is 0 Å². The number of nitrogens with zero attached hydrogens (tertiary/aromatic N) is 1. The third-order valence-corrected chi connectivity index (χ3v) is 6.43. The number of hydrogen-bond acceptors (Lipinski definition) is 5. The number of allylic oxidation sites excluding steroid dienone is 1. The van der Waals surface area contributed by atoms with E-state index in [1.54, 1.807) is 30.3 Å². The number of esters is 1. The maximum Gasteiger partial charge on any atom is 0.330 e. The van der Waals surface area contributed by atoms with Crippen molar-refractivity contribution in [2.75, 3.05) is 6.61 Å². The van der Waals surface area contributed by atoms with Crippen molar-refractivity contribution >= 4 is 11.9 Å². The summed E-state index contributed by atoms with van der Waals surface area (Å²) in [5, 5.41) is 20.4. The summed E-state index contributed by atoms with van der Waals surface area (Å²) in [7, 11) is 0. The first-order chi connectivity index (χ1) is 15.9. The van der Waals surface area contributed by atoms with Crippen LogP contribution in [0.5, 0.6) is 11.5 Å². The van der Waals surface area contributed by atoms with Gasteiger partial charge in [-0.25, -0.2) is 4.79 Å². The van der Waals surface area contributed by atoms with Crippen LogP contribution in [0.25, 0.3) is 0 Å². The Labute approximate surface area is 200 Å². The predicted molar refractivity (Wildman–Crippen MR) is 128 cm³/mol. The van der Waals surface area contributed by atoms with Gasteiger partial charge in [-0.2, -0.15) is 5.26 Å². The molecule has 1 fully saturated rings. The maximum atomic E-state index is 12.6. The number of hydrogen-bond donors (Lipinski definition) is 1. The van der Waals surface area contributed by atoms with Gasteiger partial charge in [0.15, 0.2) is 0 Å². The smallest absolute Gasteiger partial charge is 0.330 e. The Morgan fingerprint density at radius 2 is 1.76 bits per heavy atom. The lowest BCUT2D eigenvalue weighted by Crippen LogP contribution is -2.28. The Morgan fingerprint density at radius 3 is 2.35 bits per heavy atom. The molecule has 0 heterocycles. The monoisotopic (exact) mass is 461 g/mol. The number of para-hydroxylation sites is 1. The van der Waals surface area contributed by atoms with E-state index >= 15 is 0 Å². The largest absolute Gasteiger partial charge is 0.481 e. The van der Waals surface area contributed by atoms with Crippen molar-refractivity contribution < 1.29 is 24.2 Å². The fourth-order valence-electron chi connectivity index (χ4n) is 4.65. The zero-order valence-corrected chi connectivity index (χ0v) is 20.2. The fraction of sp³-hybridized carbons (Fsp3) is 0.393. The summed E-state index contributed by atoms with van der Waals surface area (Å²) >= 11 is 0. The van der Waals surface area contributed by atoms with Gasteiger partial charge in [-0.05, 0) is 40.7 Å². The van der Waals surface area contributed by atoms with E-state index in [1.165, 1.54) is 6.08 Å². The molecule has 0 unspecified atom stereocenters. The summed E-state index contributed by atoms with van der Waals surface area (Å²) in [6.07, 6.45) is 2.86. The molecule has 2 aromatic carbocycles. The van der Waals surface area contributed by atoms with Gasteiger partial charge in [0.1, 0.15) is 16.9 Å². The first-order valence-corrected chi connectivity index (χ1v) is 11.2. The van der Waals surface area contributed by atoms with Gasteiger partial charge in [0, 0.05) is 12.0 Å². The first-order valence-electron chi connectivity index (χ1n) is 11.2. The Balaban J connectivity index is 1.89. The van der Waals surface area contributed by atoms with Crippen molar-refractivity contribution in [2.24, 2.45) is 22.2 Å². The lowest BCUT2D eigenvalue weighted by atomic mass is 9.78. The van der Waals surface area contributed by atoms with Crippen LogP contribution >= 0.6 is 0 Å². The molecule has 2 aromatic rings. The van der Waals surface area contributed by atoms with Gasteiger partial charge in [-0.3, -0.25) is 4.79 Å². The lowest BCUT2D eigenvalue weighted by Gasteiger charge is -2.22. The molecule has 1 N–H and O–H groups in total. The molecule has 0 amide bonds. The molecule has 0 aromatic heterocycles. The second-order valence-corrected chi connectivity index (χ2v) is 10.5. The van der Waals surface area contributed by atoms with E-state index in [4.69, 9.17) is 9.47 Å². The number of carbonyl (C=O) groups excluding carboxylic acids is 1. The highest BCUT2D eigenvalue weighted by Crippen LogP contribution is 2.75. The van der Waals surface area contributed by atoms with Gasteiger partial charge in [0.25, 0.3) is 0 Å². The molecular weight excluding hydrogens is 430 g/mol. The van der Waals surface area contributed by atoms with Crippen LogP contribution in [-0.4, -0.2) is 23.7 Å². The van der Waals surface area contributed by atoms with Crippen molar-refractivity contribution in [3.05, 3.63) is 72.3 Å². The molecule has 6 heteroatoms. The third-order valence-electron chi connectivity index (χ3n) is 6.43. The number of ether oxygens (including phenoxy) is 2. The molecule has 6 nitrogen and oxygen atoms in total. The first kappa shape index (κ1) is 25.0. The number of rotatable bonds is 8. The summed E-state index contributed by atoms with van der Waals surface area (Å²) in [6, 6.07) is 18.4. The number of nitriles is 1. The van der Waals surface area contributed by atoms with Gasteiger partial charge >= 0.3 is 11.9 Å². The van der Waals surface area contributed by atoms with Gasteiger partial charge in [0.05, 0.1) is 18.6 Å². The van der Waals surface area contributed by atoms with E-state index in [-0.39, 0.29) is 12.0 Å². The number of carboxylic acid groups (broad SMARTS) is 1. The van der Waals surface area contributed by atoms with E-state index in [0.29, 0.717) is 17.1 Å². The van der Waals surface area contributed by atoms with Crippen molar-refractivity contribution in [2.45, 2.75) is 40.5 Å². The molecule has 178 valence electrons. The van der Waals surface area contributed by atoms with E-state index in [0.717, 1.165) is 0 Å². The van der Waals surface area contributed by atoms with Gasteiger partial charge < -0.3 is 14.6 Å². The number of carbonyl (C=O) groups is 2. The zero-order chi connectivity index (χ0) is 25.1. The van der Waals surface area contributed by atoms with Crippen LogP contribution in [0.2, 0.25) is 0 Å². The minimum atomic E-state index is -1.39. The highest BCUT2D eigenvalue weighted by molar-refractivity contribution is 5.86. The van der Waals surface area contributed by atoms with E-state index < -0.39 is 34.6 Å². The van der Waals surface area contributed by atoms with Crippen molar-refractivity contribution in [3.63, 3.8) is 0 Å². The second kappa shape index (κ2) is 9.34. The summed E-state index contributed by atoms with van der Waals surface area (Å²) in [5.74, 6) is -1.91. The highest BCUT2D eigenvalue weighted by atomic mass is 16.5. The van der Waals surface area contributed by atoms with Crippen molar-refractivity contribution in [1.29, 1.82) is 5.26 Å². The van der Waals surface area contributed by atoms with Gasteiger partial charge in [0.2, 0.25) is 0 Å². The zero-order valence-electron chi connectivity index (χ0n) is 20.2. The predicted octanol–water partition coefficient (Wildman–Crippen LogP) is 5.96. The average molecular weight is 462 g/mol. The molecule has 1 saturated carbocycles. The summed E-state index contributed by atoms with van der Waals surface area (Å²) in [5.41, 5.74) is -1.77. The molecule has 0 spiro atoms. The van der Waals surface area contributed by atoms with Crippen LogP contribution in [-0.2, 0) is 14.3 Å². The topological polar surface area (TPSA) is 96.6 Å². The molecule has 34 heavy (non-hydrogen) atoms. The molecular formula is C28H31NO5. The molecule has 0 saturated heterocycles. The molecule has 1 aliphatic rings.